The summed E-state index contributed by atoms with van der Waals surface area (Å²) in [5, 5.41) is 15.8. The molecule has 2 N–H and O–H groups in total. The van der Waals surface area contributed by atoms with Crippen LogP contribution in [0.1, 0.15) is 43.2 Å². The van der Waals surface area contributed by atoms with Crippen molar-refractivity contribution in [2.75, 3.05) is 32.7 Å². The number of carbonyl (C=O) groups excluding carboxylic acids is 1. The number of fused-ring (bicyclic) bond motifs is 2. The third-order valence-electron chi connectivity index (χ3n) is 10.1. The number of aliphatic carboxylic acids is 1. The molecule has 0 bridgehead atoms. The van der Waals surface area contributed by atoms with Crippen LogP contribution in [0.2, 0.25) is 0 Å². The average Bonchev–Trinajstić information content (AvgIpc) is 3.08. The second-order valence-electron chi connectivity index (χ2n) is 13.2. The lowest BCUT2D eigenvalue weighted by atomic mass is 9.76. The number of amides is 1. The molecule has 3 heterocycles. The summed E-state index contributed by atoms with van der Waals surface area (Å²) in [5.41, 5.74) is 0.374. The number of pyridine rings is 1. The van der Waals surface area contributed by atoms with Crippen molar-refractivity contribution in [1.82, 2.24) is 20.1 Å². The summed E-state index contributed by atoms with van der Waals surface area (Å²) in [6.45, 7) is 1.50. The number of nitrogens with one attached hydrogen (secondary N) is 1. The fourth-order valence-electron chi connectivity index (χ4n) is 7.38. The van der Waals surface area contributed by atoms with Gasteiger partial charge in [0.1, 0.15) is 11.5 Å². The summed E-state index contributed by atoms with van der Waals surface area (Å²) in [7, 11) is 0. The number of carbonyl (C=O) groups is 2. The standard InChI is InChI=1S/C37H39F5N4O3/c38-32(39)23-46-18-14-36(15-19-46,37(40,41)42)35(49)44-31(34(47)48)20-24-8-6-12-28-26(24)11-7-13-30(28)33-29-10-3-2-9-27(29)25(21-43-33)22-45-16-4-1-5-17-45/h2-3,6-13,21,31-32H,1,4-5,14-20,22-23H2,(H,44,49)(H,47,48)/t31-/m0/s1. The van der Waals surface area contributed by atoms with E-state index in [1.54, 1.807) is 12.1 Å². The Morgan fingerprint density at radius 2 is 1.45 bits per heavy atom. The highest BCUT2D eigenvalue weighted by Crippen LogP contribution is 2.47. The van der Waals surface area contributed by atoms with Crippen molar-refractivity contribution in [3.8, 4) is 11.3 Å². The third kappa shape index (κ3) is 7.26. The number of hydrogen-bond acceptors (Lipinski definition) is 5. The van der Waals surface area contributed by atoms with Crippen LogP contribution in [0.4, 0.5) is 22.0 Å². The summed E-state index contributed by atoms with van der Waals surface area (Å²) in [6, 6.07) is 17.4. The van der Waals surface area contributed by atoms with E-state index in [0.29, 0.717) is 10.9 Å². The molecule has 3 aromatic carbocycles. The Labute approximate surface area is 281 Å². The summed E-state index contributed by atoms with van der Waals surface area (Å²) in [6.07, 6.45) is -3.94. The molecule has 12 heteroatoms. The van der Waals surface area contributed by atoms with E-state index in [0.717, 1.165) is 52.6 Å². The van der Waals surface area contributed by atoms with Crippen LogP contribution in [-0.2, 0) is 22.6 Å². The molecule has 2 aliphatic heterocycles. The van der Waals surface area contributed by atoms with Crippen LogP contribution >= 0.6 is 0 Å². The maximum atomic E-state index is 14.4. The first kappa shape index (κ1) is 34.7. The van der Waals surface area contributed by atoms with E-state index in [9.17, 15) is 36.6 Å². The minimum absolute atomic E-state index is 0.268. The molecule has 260 valence electrons. The van der Waals surface area contributed by atoms with Crippen molar-refractivity contribution in [1.29, 1.82) is 0 Å². The lowest BCUT2D eigenvalue weighted by Gasteiger charge is -2.41. The fraction of sp³-hybridized carbons (Fsp3) is 0.432. The van der Waals surface area contributed by atoms with Gasteiger partial charge in [0.15, 0.2) is 0 Å². The molecule has 49 heavy (non-hydrogen) atoms. The lowest BCUT2D eigenvalue weighted by molar-refractivity contribution is -0.233. The van der Waals surface area contributed by atoms with Gasteiger partial charge in [-0.3, -0.25) is 19.6 Å². The Morgan fingerprint density at radius 3 is 2.12 bits per heavy atom. The Balaban J connectivity index is 1.29. The molecule has 1 amide bonds. The van der Waals surface area contributed by atoms with Crippen LogP contribution in [0, 0.1) is 5.41 Å². The zero-order chi connectivity index (χ0) is 34.8. The zero-order valence-electron chi connectivity index (χ0n) is 27.0. The van der Waals surface area contributed by atoms with Gasteiger partial charge in [-0.15, -0.1) is 0 Å². The van der Waals surface area contributed by atoms with Crippen molar-refractivity contribution in [3.05, 3.63) is 78.0 Å². The van der Waals surface area contributed by atoms with E-state index in [1.807, 2.05) is 48.7 Å². The van der Waals surface area contributed by atoms with E-state index in [-0.39, 0.29) is 19.5 Å². The average molecular weight is 683 g/mol. The number of carboxylic acid groups (broad SMARTS) is 1. The van der Waals surface area contributed by atoms with Crippen LogP contribution in [-0.4, -0.2) is 83.1 Å². The summed E-state index contributed by atoms with van der Waals surface area (Å²) in [5.74, 6) is -2.93. The number of piperidine rings is 2. The molecular formula is C37H39F5N4O3. The Kier molecular flexibility index (Phi) is 10.2. The van der Waals surface area contributed by atoms with E-state index < -0.39 is 55.3 Å². The molecule has 1 aromatic heterocycles. The van der Waals surface area contributed by atoms with Crippen LogP contribution < -0.4 is 5.32 Å². The third-order valence-corrected chi connectivity index (χ3v) is 10.1. The van der Waals surface area contributed by atoms with Gasteiger partial charge in [-0.05, 0) is 79.1 Å². The number of halogens is 5. The van der Waals surface area contributed by atoms with Crippen molar-refractivity contribution in [3.63, 3.8) is 0 Å². The van der Waals surface area contributed by atoms with E-state index >= 15 is 0 Å². The SMILES string of the molecule is O=C(O)[C@H](Cc1cccc2c(-c3ncc(CN4CCCCC4)c4ccccc34)cccc12)NC(=O)C1(C(F)(F)F)CCN(CC(F)F)CC1. The number of likely N-dealkylation sites (tertiary alicyclic amines) is 2. The number of hydrogen-bond donors (Lipinski definition) is 2. The van der Waals surface area contributed by atoms with Crippen molar-refractivity contribution >= 4 is 33.4 Å². The van der Waals surface area contributed by atoms with Crippen LogP contribution in [0.3, 0.4) is 0 Å². The molecule has 2 saturated heterocycles. The number of rotatable bonds is 10. The molecule has 0 unspecified atom stereocenters. The van der Waals surface area contributed by atoms with Crippen LogP contribution in [0.15, 0.2) is 66.9 Å². The summed E-state index contributed by atoms with van der Waals surface area (Å²) >= 11 is 0. The van der Waals surface area contributed by atoms with E-state index in [1.165, 1.54) is 24.2 Å². The lowest BCUT2D eigenvalue weighted by Crippen LogP contribution is -2.59. The molecule has 0 spiro atoms. The molecule has 0 aliphatic carbocycles. The predicted molar refractivity (Wildman–Crippen MR) is 177 cm³/mol. The van der Waals surface area contributed by atoms with E-state index in [2.05, 4.69) is 16.3 Å². The van der Waals surface area contributed by atoms with Gasteiger partial charge < -0.3 is 10.4 Å². The fourth-order valence-corrected chi connectivity index (χ4v) is 7.38. The van der Waals surface area contributed by atoms with Crippen molar-refractivity contribution in [2.24, 2.45) is 5.41 Å². The maximum Gasteiger partial charge on any atom is 0.403 e. The normalized spacial score (nSPS) is 18.2. The van der Waals surface area contributed by atoms with Gasteiger partial charge in [0.05, 0.1) is 12.2 Å². The molecule has 7 nitrogen and oxygen atoms in total. The first-order valence-corrected chi connectivity index (χ1v) is 16.7. The minimum atomic E-state index is -5.00. The number of nitrogens with zero attached hydrogens (tertiary/aromatic N) is 3. The second-order valence-corrected chi connectivity index (χ2v) is 13.2. The van der Waals surface area contributed by atoms with Crippen molar-refractivity contribution < 1.29 is 36.6 Å². The maximum absolute atomic E-state index is 14.4. The predicted octanol–water partition coefficient (Wildman–Crippen LogP) is 7.06. The number of carboxylic acids is 1. The molecule has 6 rings (SSSR count). The highest BCUT2D eigenvalue weighted by molar-refractivity contribution is 6.05. The molecule has 0 radical (unpaired) electrons. The van der Waals surface area contributed by atoms with Gasteiger partial charge in [0.25, 0.3) is 6.43 Å². The Hall–Kier alpha value is -4.16. The summed E-state index contributed by atoms with van der Waals surface area (Å²) in [4.78, 5) is 34.3. The first-order valence-electron chi connectivity index (χ1n) is 16.7. The molecule has 1 atom stereocenters. The van der Waals surface area contributed by atoms with Gasteiger partial charge >= 0.3 is 12.1 Å². The number of alkyl halides is 5. The smallest absolute Gasteiger partial charge is 0.403 e. The topological polar surface area (TPSA) is 85.8 Å². The molecule has 0 saturated carbocycles. The molecule has 2 fully saturated rings. The summed E-state index contributed by atoms with van der Waals surface area (Å²) < 4.78 is 68.9. The van der Waals surface area contributed by atoms with Gasteiger partial charge in [-0.2, -0.15) is 13.2 Å². The second kappa shape index (κ2) is 14.4. The highest BCUT2D eigenvalue weighted by atomic mass is 19.4. The first-order chi connectivity index (χ1) is 23.5. The Morgan fingerprint density at radius 1 is 0.816 bits per heavy atom. The zero-order valence-corrected chi connectivity index (χ0v) is 27.0. The van der Waals surface area contributed by atoms with Crippen molar-refractivity contribution in [2.45, 2.75) is 63.7 Å². The number of aromatic nitrogens is 1. The highest BCUT2D eigenvalue weighted by Gasteiger charge is 2.61. The number of benzene rings is 3. The molecule has 4 aromatic rings. The van der Waals surface area contributed by atoms with Gasteiger partial charge in [0, 0.05) is 30.1 Å². The molecular weight excluding hydrogens is 643 g/mol. The van der Waals surface area contributed by atoms with Gasteiger partial charge in [-0.1, -0.05) is 67.1 Å². The van der Waals surface area contributed by atoms with Gasteiger partial charge in [0.2, 0.25) is 5.91 Å². The van der Waals surface area contributed by atoms with Crippen LogP contribution in [0.5, 0.6) is 0 Å². The Bertz CT molecular complexity index is 1820. The quantitative estimate of drug-likeness (QED) is 0.174. The monoisotopic (exact) mass is 682 g/mol. The van der Waals surface area contributed by atoms with E-state index in [4.69, 9.17) is 4.98 Å². The van der Waals surface area contributed by atoms with Gasteiger partial charge in [-0.25, -0.2) is 13.6 Å². The molecule has 2 aliphatic rings. The van der Waals surface area contributed by atoms with Crippen LogP contribution in [0.25, 0.3) is 32.8 Å². The largest absolute Gasteiger partial charge is 0.480 e. The minimum Gasteiger partial charge on any atom is -0.480 e.